The van der Waals surface area contributed by atoms with Crippen molar-refractivity contribution in [3.8, 4) is 0 Å². The van der Waals surface area contributed by atoms with Crippen molar-refractivity contribution in [3.05, 3.63) is 0 Å². The molecular weight excluding hydrogens is 244 g/mol. The summed E-state index contributed by atoms with van der Waals surface area (Å²) in [6.45, 7) is 4.80. The van der Waals surface area contributed by atoms with E-state index in [4.69, 9.17) is 0 Å². The van der Waals surface area contributed by atoms with Crippen LogP contribution in [0.4, 0.5) is 0 Å². The van der Waals surface area contributed by atoms with E-state index in [1.807, 2.05) is 0 Å². The summed E-state index contributed by atoms with van der Waals surface area (Å²) < 4.78 is 0. The van der Waals surface area contributed by atoms with Gasteiger partial charge in [0.1, 0.15) is 0 Å². The van der Waals surface area contributed by atoms with Gasteiger partial charge in [0.2, 0.25) is 0 Å². The number of rotatable bonds is 4. The Morgan fingerprint density at radius 1 is 0.800 bits per heavy atom. The minimum atomic E-state index is 0.768. The highest BCUT2D eigenvalue weighted by Crippen LogP contribution is 2.38. The standard InChI is InChI=1S/C18H34N2/c1-2-19-16-11-4-3-5-12-18(16)20-14-8-13-17(20)15-9-6-7-10-15/h15-19H,2-14H2,1H3. The number of hydrogen-bond acceptors (Lipinski definition) is 2. The Labute approximate surface area is 125 Å². The SMILES string of the molecule is CCNC1CCCCCC1N1CCCC1C1CCCC1. The highest BCUT2D eigenvalue weighted by Gasteiger charge is 2.39. The third-order valence-corrected chi connectivity index (χ3v) is 6.16. The normalized spacial score (nSPS) is 37.4. The van der Waals surface area contributed by atoms with E-state index in [-0.39, 0.29) is 0 Å². The van der Waals surface area contributed by atoms with Gasteiger partial charge in [-0.05, 0) is 57.5 Å². The van der Waals surface area contributed by atoms with Gasteiger partial charge in [-0.25, -0.2) is 0 Å². The molecule has 2 nitrogen and oxygen atoms in total. The molecule has 0 aromatic carbocycles. The van der Waals surface area contributed by atoms with Gasteiger partial charge in [0.25, 0.3) is 0 Å². The minimum absolute atomic E-state index is 0.768. The summed E-state index contributed by atoms with van der Waals surface area (Å²) in [4.78, 5) is 2.97. The van der Waals surface area contributed by atoms with Crippen LogP contribution in [0.15, 0.2) is 0 Å². The average molecular weight is 278 g/mol. The maximum absolute atomic E-state index is 3.82. The summed E-state index contributed by atoms with van der Waals surface area (Å²) in [5.74, 6) is 1.03. The molecule has 0 aromatic heterocycles. The summed E-state index contributed by atoms with van der Waals surface area (Å²) in [6, 6.07) is 2.54. The van der Waals surface area contributed by atoms with Crippen molar-refractivity contribution in [2.24, 2.45) is 5.92 Å². The fourth-order valence-electron chi connectivity index (χ4n) is 5.26. The summed E-state index contributed by atoms with van der Waals surface area (Å²) in [6.07, 6.45) is 16.2. The quantitative estimate of drug-likeness (QED) is 0.783. The third kappa shape index (κ3) is 3.22. The molecule has 0 bridgehead atoms. The Kier molecular flexibility index (Phi) is 5.39. The van der Waals surface area contributed by atoms with E-state index in [9.17, 15) is 0 Å². The average Bonchev–Trinajstić information content (AvgIpc) is 3.08. The summed E-state index contributed by atoms with van der Waals surface area (Å²) >= 11 is 0. The van der Waals surface area contributed by atoms with Crippen molar-refractivity contribution in [2.75, 3.05) is 13.1 Å². The molecular formula is C18H34N2. The summed E-state index contributed by atoms with van der Waals surface area (Å²) in [5, 5.41) is 3.82. The molecule has 1 aliphatic heterocycles. The first-order valence-corrected chi connectivity index (χ1v) is 9.39. The lowest BCUT2D eigenvalue weighted by Gasteiger charge is -2.40. The Morgan fingerprint density at radius 2 is 1.50 bits per heavy atom. The predicted octanol–water partition coefficient (Wildman–Crippen LogP) is 3.95. The molecule has 0 spiro atoms. The number of hydrogen-bond donors (Lipinski definition) is 1. The molecule has 0 amide bonds. The molecule has 3 rings (SSSR count). The van der Waals surface area contributed by atoms with E-state index in [0.29, 0.717) is 0 Å². The maximum Gasteiger partial charge on any atom is 0.0252 e. The third-order valence-electron chi connectivity index (χ3n) is 6.16. The van der Waals surface area contributed by atoms with Gasteiger partial charge < -0.3 is 5.32 Å². The molecule has 20 heavy (non-hydrogen) atoms. The zero-order chi connectivity index (χ0) is 13.8. The van der Waals surface area contributed by atoms with E-state index in [0.717, 1.165) is 30.6 Å². The van der Waals surface area contributed by atoms with Crippen LogP contribution in [0, 0.1) is 5.92 Å². The van der Waals surface area contributed by atoms with E-state index in [1.165, 1.54) is 77.2 Å². The molecule has 3 unspecified atom stereocenters. The van der Waals surface area contributed by atoms with Gasteiger partial charge in [-0.1, -0.05) is 39.0 Å². The molecule has 1 heterocycles. The molecule has 1 saturated heterocycles. The smallest absolute Gasteiger partial charge is 0.0252 e. The van der Waals surface area contributed by atoms with Gasteiger partial charge in [-0.2, -0.15) is 0 Å². The highest BCUT2D eigenvalue weighted by molar-refractivity contribution is 4.95. The lowest BCUT2D eigenvalue weighted by atomic mass is 9.92. The number of nitrogens with zero attached hydrogens (tertiary/aromatic N) is 1. The van der Waals surface area contributed by atoms with Crippen LogP contribution in [0.3, 0.4) is 0 Å². The maximum atomic E-state index is 3.82. The van der Waals surface area contributed by atoms with Crippen LogP contribution in [0.5, 0.6) is 0 Å². The van der Waals surface area contributed by atoms with E-state index >= 15 is 0 Å². The van der Waals surface area contributed by atoms with Crippen LogP contribution >= 0.6 is 0 Å². The summed E-state index contributed by atoms with van der Waals surface area (Å²) in [5.41, 5.74) is 0. The highest BCUT2D eigenvalue weighted by atomic mass is 15.2. The molecule has 2 saturated carbocycles. The largest absolute Gasteiger partial charge is 0.313 e. The van der Waals surface area contributed by atoms with Crippen LogP contribution in [0.1, 0.15) is 77.6 Å². The molecule has 3 atom stereocenters. The van der Waals surface area contributed by atoms with E-state index in [2.05, 4.69) is 17.1 Å². The van der Waals surface area contributed by atoms with Crippen LogP contribution < -0.4 is 5.32 Å². The second-order valence-corrected chi connectivity index (χ2v) is 7.36. The van der Waals surface area contributed by atoms with E-state index in [1.54, 1.807) is 0 Å². The van der Waals surface area contributed by atoms with Crippen molar-refractivity contribution >= 4 is 0 Å². The van der Waals surface area contributed by atoms with E-state index < -0.39 is 0 Å². The molecule has 3 aliphatic rings. The van der Waals surface area contributed by atoms with Gasteiger partial charge in [0.15, 0.2) is 0 Å². The van der Waals surface area contributed by atoms with Crippen molar-refractivity contribution in [1.29, 1.82) is 0 Å². The molecule has 116 valence electrons. The fraction of sp³-hybridized carbons (Fsp3) is 1.00. The van der Waals surface area contributed by atoms with Crippen LogP contribution in [0.25, 0.3) is 0 Å². The Hall–Kier alpha value is -0.0800. The molecule has 1 N–H and O–H groups in total. The molecule has 0 aromatic rings. The molecule has 0 radical (unpaired) electrons. The number of likely N-dealkylation sites (N-methyl/N-ethyl adjacent to an activating group) is 1. The fourth-order valence-corrected chi connectivity index (χ4v) is 5.26. The summed E-state index contributed by atoms with van der Waals surface area (Å²) in [7, 11) is 0. The Balaban J connectivity index is 1.69. The zero-order valence-electron chi connectivity index (χ0n) is 13.4. The van der Waals surface area contributed by atoms with Gasteiger partial charge in [-0.3, -0.25) is 4.90 Å². The monoisotopic (exact) mass is 278 g/mol. The molecule has 3 fully saturated rings. The van der Waals surface area contributed by atoms with Gasteiger partial charge in [-0.15, -0.1) is 0 Å². The minimum Gasteiger partial charge on any atom is -0.313 e. The molecule has 2 heteroatoms. The van der Waals surface area contributed by atoms with Gasteiger partial charge in [0.05, 0.1) is 0 Å². The molecule has 2 aliphatic carbocycles. The first-order valence-electron chi connectivity index (χ1n) is 9.39. The first kappa shape index (κ1) is 14.8. The number of likely N-dealkylation sites (tertiary alicyclic amines) is 1. The van der Waals surface area contributed by atoms with Crippen molar-refractivity contribution in [1.82, 2.24) is 10.2 Å². The van der Waals surface area contributed by atoms with Crippen molar-refractivity contribution in [3.63, 3.8) is 0 Å². The predicted molar refractivity (Wildman–Crippen MR) is 86.0 cm³/mol. The van der Waals surface area contributed by atoms with Crippen molar-refractivity contribution < 1.29 is 0 Å². The Bertz CT molecular complexity index is 285. The van der Waals surface area contributed by atoms with Crippen molar-refractivity contribution in [2.45, 2.75) is 95.7 Å². The van der Waals surface area contributed by atoms with Crippen LogP contribution in [-0.2, 0) is 0 Å². The van der Waals surface area contributed by atoms with Crippen LogP contribution in [0.2, 0.25) is 0 Å². The lowest BCUT2D eigenvalue weighted by molar-refractivity contribution is 0.102. The Morgan fingerprint density at radius 3 is 2.30 bits per heavy atom. The topological polar surface area (TPSA) is 15.3 Å². The zero-order valence-corrected chi connectivity index (χ0v) is 13.4. The van der Waals surface area contributed by atoms with Gasteiger partial charge in [0, 0.05) is 18.1 Å². The first-order chi connectivity index (χ1) is 9.90. The second kappa shape index (κ2) is 7.26. The van der Waals surface area contributed by atoms with Gasteiger partial charge >= 0.3 is 0 Å². The lowest BCUT2D eigenvalue weighted by Crippen LogP contribution is -2.52. The second-order valence-electron chi connectivity index (χ2n) is 7.36. The number of nitrogens with one attached hydrogen (secondary N) is 1. The van der Waals surface area contributed by atoms with Crippen LogP contribution in [-0.4, -0.2) is 36.1 Å².